The van der Waals surface area contributed by atoms with E-state index in [9.17, 15) is 0 Å². The van der Waals surface area contributed by atoms with E-state index in [0.717, 1.165) is 24.0 Å². The Bertz CT molecular complexity index is 1540. The molecule has 39 heavy (non-hydrogen) atoms. The number of benzene rings is 2. The highest BCUT2D eigenvalue weighted by atomic mass is 19.1. The van der Waals surface area contributed by atoms with Crippen molar-refractivity contribution in [1.29, 1.82) is 0 Å². The average Bonchev–Trinajstić information content (AvgIpc) is 3.68. The van der Waals surface area contributed by atoms with Gasteiger partial charge in [0.15, 0.2) is 11.8 Å². The van der Waals surface area contributed by atoms with Crippen LogP contribution in [0.15, 0.2) is 63.5 Å². The Morgan fingerprint density at radius 1 is 1.33 bits per heavy atom. The lowest BCUT2D eigenvalue weighted by Crippen LogP contribution is -2.45. The molecular formula is C28H31FN8O2. The van der Waals surface area contributed by atoms with E-state index in [2.05, 4.69) is 30.2 Å². The molecule has 10 nitrogen and oxygen atoms in total. The molecule has 0 radical (unpaired) electrons. The van der Waals surface area contributed by atoms with Crippen molar-refractivity contribution in [2.24, 2.45) is 33.7 Å². The van der Waals surface area contributed by atoms with Crippen LogP contribution >= 0.6 is 0 Å². The van der Waals surface area contributed by atoms with Gasteiger partial charge in [0, 0.05) is 25.2 Å². The van der Waals surface area contributed by atoms with Crippen molar-refractivity contribution < 1.29 is 13.9 Å². The molecule has 2 fully saturated rings. The van der Waals surface area contributed by atoms with E-state index in [1.807, 2.05) is 36.7 Å². The number of anilines is 1. The molecule has 1 aromatic heterocycles. The number of nitrogens with two attached hydrogens (primary N) is 1. The lowest BCUT2D eigenvalue weighted by Gasteiger charge is -2.27. The van der Waals surface area contributed by atoms with E-state index in [0.29, 0.717) is 53.3 Å². The summed E-state index contributed by atoms with van der Waals surface area (Å²) in [6, 6.07) is 9.30. The van der Waals surface area contributed by atoms with Crippen LogP contribution in [0.25, 0.3) is 11.0 Å². The van der Waals surface area contributed by atoms with Gasteiger partial charge in [-0.15, -0.1) is 0 Å². The number of fused-ring (bicyclic) bond motifs is 3. The quantitative estimate of drug-likeness (QED) is 0.375. The molecule has 4 heterocycles. The Morgan fingerprint density at radius 2 is 2.21 bits per heavy atom. The zero-order valence-electron chi connectivity index (χ0n) is 22.1. The highest BCUT2D eigenvalue weighted by Gasteiger charge is 2.39. The fourth-order valence-electron chi connectivity index (χ4n) is 5.33. The van der Waals surface area contributed by atoms with Gasteiger partial charge >= 0.3 is 0 Å². The molecule has 2 bridgehead atoms. The number of imidazole rings is 1. The molecule has 3 N–H and O–H groups in total. The number of hydrogen-bond donors (Lipinski definition) is 2. The third-order valence-electron chi connectivity index (χ3n) is 7.55. The first-order valence-electron chi connectivity index (χ1n) is 13.1. The first kappa shape index (κ1) is 25.1. The minimum absolute atomic E-state index is 0.189. The number of hydrogen-bond acceptors (Lipinski definition) is 7. The lowest BCUT2D eigenvalue weighted by molar-refractivity contribution is 0.0562. The molecule has 0 aliphatic carbocycles. The summed E-state index contributed by atoms with van der Waals surface area (Å²) in [4.78, 5) is 19.8. The molecule has 0 saturated carbocycles. The average molecular weight is 531 g/mol. The summed E-state index contributed by atoms with van der Waals surface area (Å²) in [5.41, 5.74) is 9.48. The van der Waals surface area contributed by atoms with Crippen LogP contribution in [-0.2, 0) is 11.8 Å². The van der Waals surface area contributed by atoms with Gasteiger partial charge in [-0.2, -0.15) is 0 Å². The van der Waals surface area contributed by atoms with Crippen LogP contribution in [-0.4, -0.2) is 57.9 Å². The fourth-order valence-corrected chi connectivity index (χ4v) is 5.33. The second-order valence-corrected chi connectivity index (χ2v) is 10.0. The minimum Gasteiger partial charge on any atom is -0.457 e. The van der Waals surface area contributed by atoms with E-state index in [4.69, 9.17) is 15.2 Å². The third-order valence-corrected chi connectivity index (χ3v) is 7.55. The number of guanidine groups is 1. The Labute approximate surface area is 225 Å². The van der Waals surface area contributed by atoms with E-state index in [1.165, 1.54) is 6.34 Å². The Balaban J connectivity index is 1.18. The lowest BCUT2D eigenvalue weighted by atomic mass is 10.00. The first-order chi connectivity index (χ1) is 18.9. The zero-order chi connectivity index (χ0) is 27.1. The van der Waals surface area contributed by atoms with Crippen molar-refractivity contribution in [3.63, 3.8) is 0 Å². The van der Waals surface area contributed by atoms with Gasteiger partial charge in [0.05, 0.1) is 59.6 Å². The van der Waals surface area contributed by atoms with Crippen LogP contribution in [0, 0.1) is 18.7 Å². The number of nitrogens with one attached hydrogen (secondary N) is 1. The van der Waals surface area contributed by atoms with Crippen LogP contribution in [0.4, 0.5) is 10.1 Å². The molecule has 2 aromatic carbocycles. The van der Waals surface area contributed by atoms with Gasteiger partial charge in [0.1, 0.15) is 23.7 Å². The molecular weight excluding hydrogens is 499 g/mol. The third kappa shape index (κ3) is 4.74. The standard InChI is InChI=1S/C28H31FN8O2/c1-4-20-23(11-31-28(30)37-12-19-9-17(37)13-38-19)32-14-33-27(20)35-21-6-8-25(16(2)26(21)29)39-18-5-7-24-22(10-18)34-15-36(24)3/h5-8,10-11,14-15,17,19-20H,4,9,12-13H2,1-3H3,(H2,30,31)(H,32,33,35)/b23-11+. The molecule has 3 aliphatic rings. The number of halogens is 1. The van der Waals surface area contributed by atoms with E-state index < -0.39 is 5.82 Å². The van der Waals surface area contributed by atoms with Gasteiger partial charge in [0.2, 0.25) is 0 Å². The first-order valence-corrected chi connectivity index (χ1v) is 13.1. The number of likely N-dealkylation sites (tertiary alicyclic amines) is 1. The van der Waals surface area contributed by atoms with Crippen molar-refractivity contribution in [2.45, 2.75) is 38.8 Å². The van der Waals surface area contributed by atoms with E-state index in [-0.39, 0.29) is 18.1 Å². The Morgan fingerprint density at radius 3 is 2.97 bits per heavy atom. The topological polar surface area (TPSA) is 115 Å². The van der Waals surface area contributed by atoms with Crippen LogP contribution in [0.1, 0.15) is 25.3 Å². The largest absolute Gasteiger partial charge is 0.457 e. The Kier molecular flexibility index (Phi) is 6.51. The van der Waals surface area contributed by atoms with E-state index in [1.54, 1.807) is 31.6 Å². The van der Waals surface area contributed by atoms with Crippen molar-refractivity contribution >= 4 is 34.9 Å². The molecule has 11 heteroatoms. The maximum atomic E-state index is 15.5. The van der Waals surface area contributed by atoms with E-state index >= 15 is 4.39 Å². The highest BCUT2D eigenvalue weighted by Crippen LogP contribution is 2.33. The van der Waals surface area contributed by atoms with Gasteiger partial charge < -0.3 is 30.0 Å². The summed E-state index contributed by atoms with van der Waals surface area (Å²) < 4.78 is 29.1. The number of ether oxygens (including phenoxy) is 2. The van der Waals surface area contributed by atoms with Crippen molar-refractivity contribution in [2.75, 3.05) is 18.5 Å². The van der Waals surface area contributed by atoms with Crippen molar-refractivity contribution in [3.05, 3.63) is 59.9 Å². The van der Waals surface area contributed by atoms with Gasteiger partial charge in [-0.1, -0.05) is 6.92 Å². The second kappa shape index (κ2) is 10.1. The number of aliphatic imine (C=N–C) groups is 3. The van der Waals surface area contributed by atoms with Gasteiger partial charge in [-0.25, -0.2) is 24.4 Å². The van der Waals surface area contributed by atoms with Crippen molar-refractivity contribution in [3.8, 4) is 11.5 Å². The molecule has 6 rings (SSSR count). The van der Waals surface area contributed by atoms with Gasteiger partial charge in [0.25, 0.3) is 0 Å². The summed E-state index contributed by atoms with van der Waals surface area (Å²) in [5, 5.41) is 3.17. The summed E-state index contributed by atoms with van der Waals surface area (Å²) in [6.45, 7) is 5.16. The predicted molar refractivity (Wildman–Crippen MR) is 150 cm³/mol. The summed E-state index contributed by atoms with van der Waals surface area (Å²) in [5.74, 6) is 1.47. The number of amidine groups is 1. The normalized spacial score (nSPS) is 23.6. The number of rotatable bonds is 5. The molecule has 202 valence electrons. The maximum absolute atomic E-state index is 15.5. The van der Waals surface area contributed by atoms with Crippen LogP contribution < -0.4 is 15.8 Å². The molecule has 3 aromatic rings. The van der Waals surface area contributed by atoms with Crippen LogP contribution in [0.2, 0.25) is 0 Å². The molecule has 3 aliphatic heterocycles. The molecule has 3 unspecified atom stereocenters. The van der Waals surface area contributed by atoms with Crippen LogP contribution in [0.5, 0.6) is 11.5 Å². The second-order valence-electron chi connectivity index (χ2n) is 10.0. The smallest absolute Gasteiger partial charge is 0.196 e. The number of morpholine rings is 1. The maximum Gasteiger partial charge on any atom is 0.196 e. The predicted octanol–water partition coefficient (Wildman–Crippen LogP) is 4.32. The SMILES string of the molecule is CCC1C(Nc2ccc(Oc3ccc4c(c3)ncn4C)c(C)c2F)=NC=N/C1=C/N=C(\N)N1CC2CC1CO2. The Hall–Kier alpha value is -4.25. The molecule has 0 amide bonds. The molecule has 0 spiro atoms. The molecule has 3 atom stereocenters. The number of aromatic nitrogens is 2. The van der Waals surface area contributed by atoms with Gasteiger partial charge in [-0.3, -0.25) is 0 Å². The summed E-state index contributed by atoms with van der Waals surface area (Å²) in [6.07, 6.45) is 6.79. The monoisotopic (exact) mass is 530 g/mol. The van der Waals surface area contributed by atoms with Crippen LogP contribution in [0.3, 0.4) is 0 Å². The minimum atomic E-state index is -0.412. The summed E-state index contributed by atoms with van der Waals surface area (Å²) in [7, 11) is 1.93. The fraction of sp³-hybridized carbons (Fsp3) is 0.357. The number of aryl methyl sites for hydroxylation is 1. The van der Waals surface area contributed by atoms with Crippen molar-refractivity contribution in [1.82, 2.24) is 14.5 Å². The molecule has 2 saturated heterocycles. The summed E-state index contributed by atoms with van der Waals surface area (Å²) >= 11 is 0. The zero-order valence-corrected chi connectivity index (χ0v) is 22.1. The highest BCUT2D eigenvalue weighted by molar-refractivity contribution is 6.04. The number of nitrogens with zero attached hydrogens (tertiary/aromatic N) is 6. The van der Waals surface area contributed by atoms with Gasteiger partial charge in [-0.05, 0) is 44.0 Å².